The largest absolute Gasteiger partial charge is 0.458 e. The zero-order valence-corrected chi connectivity index (χ0v) is 47.1. The highest BCUT2D eigenvalue weighted by molar-refractivity contribution is 5.97. The van der Waals surface area contributed by atoms with Gasteiger partial charge in [0.05, 0.1) is 54.9 Å². The number of aromatic nitrogens is 2. The fourth-order valence-corrected chi connectivity index (χ4v) is 12.3. The maximum atomic E-state index is 15.4. The molecule has 432 valence electrons. The molecule has 3 amide bonds. The molecule has 0 radical (unpaired) electrons. The van der Waals surface area contributed by atoms with E-state index in [1.165, 1.54) is 6.07 Å². The lowest BCUT2D eigenvalue weighted by Gasteiger charge is -2.31. The second-order valence-corrected chi connectivity index (χ2v) is 22.7. The summed E-state index contributed by atoms with van der Waals surface area (Å²) in [5, 5.41) is 20.5. The molecule has 0 bridgehead atoms. The molecule has 0 saturated heterocycles. The molecular formula is C62H74FN5O13. The van der Waals surface area contributed by atoms with E-state index in [0.717, 1.165) is 59.7 Å². The molecule has 81 heavy (non-hydrogen) atoms. The van der Waals surface area contributed by atoms with E-state index in [1.807, 2.05) is 0 Å². The van der Waals surface area contributed by atoms with Gasteiger partial charge in [-0.25, -0.2) is 19.0 Å². The minimum Gasteiger partial charge on any atom is -0.458 e. The Morgan fingerprint density at radius 2 is 1.69 bits per heavy atom. The zero-order chi connectivity index (χ0) is 57.7. The number of alkyl carbamates (subject to hydrolysis) is 1. The summed E-state index contributed by atoms with van der Waals surface area (Å²) < 4.78 is 44.8. The number of aryl methyl sites for hydroxylation is 1. The number of ether oxygens (including phenoxy) is 5. The first-order valence-electron chi connectivity index (χ1n) is 28.6. The highest BCUT2D eigenvalue weighted by Crippen LogP contribution is 2.55. The molecule has 18 nitrogen and oxygen atoms in total. The first kappa shape index (κ1) is 58.8. The summed E-state index contributed by atoms with van der Waals surface area (Å²) in [5.41, 5.74) is 3.36. The summed E-state index contributed by atoms with van der Waals surface area (Å²) in [4.78, 5) is 97.0. The third kappa shape index (κ3) is 13.1. The molecule has 2 aromatic carbocycles. The number of carbonyl (C=O) groups excluding carboxylic acids is 6. The number of amides is 3. The van der Waals surface area contributed by atoms with Crippen LogP contribution in [0.5, 0.6) is 0 Å². The van der Waals surface area contributed by atoms with Crippen LogP contribution >= 0.6 is 0 Å². The first-order chi connectivity index (χ1) is 38.9. The smallest absolute Gasteiger partial charge is 0.407 e. The number of halogens is 1. The normalized spacial score (nSPS) is 21.3. The molecule has 2 aliphatic heterocycles. The van der Waals surface area contributed by atoms with Crippen LogP contribution in [0.25, 0.3) is 22.3 Å². The van der Waals surface area contributed by atoms with Crippen molar-refractivity contribution in [3.8, 4) is 23.2 Å². The second kappa shape index (κ2) is 25.5. The van der Waals surface area contributed by atoms with Gasteiger partial charge in [0.25, 0.3) is 5.56 Å². The fourth-order valence-electron chi connectivity index (χ4n) is 12.3. The van der Waals surface area contributed by atoms with E-state index >= 15 is 4.39 Å². The molecule has 1 saturated carbocycles. The van der Waals surface area contributed by atoms with Crippen LogP contribution < -0.4 is 21.5 Å². The lowest BCUT2D eigenvalue weighted by Crippen LogP contribution is -2.45. The van der Waals surface area contributed by atoms with Crippen LogP contribution in [0.4, 0.5) is 14.9 Å². The Hall–Kier alpha value is -6.85. The van der Waals surface area contributed by atoms with Crippen LogP contribution in [-0.2, 0) is 79.4 Å². The molecule has 1 fully saturated rings. The highest BCUT2D eigenvalue weighted by atomic mass is 19.1. The van der Waals surface area contributed by atoms with Crippen LogP contribution in [0.2, 0.25) is 0 Å². The van der Waals surface area contributed by atoms with Gasteiger partial charge in [0.15, 0.2) is 23.5 Å². The summed E-state index contributed by atoms with van der Waals surface area (Å²) in [7, 11) is 0. The number of Topliss-reactive ketones (excluding diaryl/α,β-unsaturated/α-hetero) is 2. The van der Waals surface area contributed by atoms with Crippen LogP contribution in [0.1, 0.15) is 144 Å². The van der Waals surface area contributed by atoms with Crippen molar-refractivity contribution in [1.29, 1.82) is 0 Å². The molecule has 4 heterocycles. The van der Waals surface area contributed by atoms with Gasteiger partial charge in [-0.2, -0.15) is 0 Å². The van der Waals surface area contributed by atoms with Crippen LogP contribution in [0, 0.1) is 54.2 Å². The molecule has 2 aromatic heterocycles. The van der Waals surface area contributed by atoms with E-state index < -0.39 is 47.3 Å². The van der Waals surface area contributed by atoms with E-state index in [1.54, 1.807) is 76.4 Å². The number of rotatable bonds is 25. The Bertz CT molecular complexity index is 3200. The number of hydrogen-bond donors (Lipinski definition) is 4. The summed E-state index contributed by atoms with van der Waals surface area (Å²) in [6.07, 6.45) is 5.09. The monoisotopic (exact) mass is 1120 g/mol. The van der Waals surface area contributed by atoms with E-state index in [9.17, 15) is 38.7 Å². The number of pyridine rings is 2. The van der Waals surface area contributed by atoms with Gasteiger partial charge in [-0.15, -0.1) is 11.8 Å². The standard InChI is InChI=1S/C62H74FN5O13/c1-7-62(76)48-28-51-57-46(30-68(51)59(73)47(48)33-81-60(62)74)54-39(16-19-42-36(5)49(63)29-50(66-57)55(42)54)27-41(69)32-80-37(6)79-31-38-14-17-40(18-15-38)65-58(72)35(4)26-52(70)56(34(2)3)67-61(75)78-25-24-77-23-22-64-53(71)21-20-45-43-12-10-8-9-11-13-44(43)45/h14-15,17-18,28-29,34-35,37,39,43-45,56,76H,7,10-13,16,19-27,30-33H2,1-6H3,(H,64,71)(H,65,72)(H,67,75)/t35-,37?,39-,43-,44+,45?,56+,62+/m1/s1. The van der Waals surface area contributed by atoms with Crippen molar-refractivity contribution in [3.05, 3.63) is 91.5 Å². The molecule has 2 unspecified atom stereocenters. The lowest BCUT2D eigenvalue weighted by atomic mass is 9.76. The summed E-state index contributed by atoms with van der Waals surface area (Å²) in [5.74, 6) is 5.10. The van der Waals surface area contributed by atoms with Crippen molar-refractivity contribution < 1.29 is 61.9 Å². The minimum atomic E-state index is -2.01. The van der Waals surface area contributed by atoms with Crippen molar-refractivity contribution in [2.24, 2.45) is 29.6 Å². The molecule has 5 aliphatic rings. The first-order valence-corrected chi connectivity index (χ1v) is 28.6. The van der Waals surface area contributed by atoms with E-state index in [4.69, 9.17) is 28.7 Å². The Balaban J connectivity index is 0.691. The van der Waals surface area contributed by atoms with E-state index in [2.05, 4.69) is 27.8 Å². The third-order valence-corrected chi connectivity index (χ3v) is 17.0. The minimum absolute atomic E-state index is 0.00547. The van der Waals surface area contributed by atoms with Crippen molar-refractivity contribution in [2.45, 2.75) is 156 Å². The molecule has 9 rings (SSSR count). The quantitative estimate of drug-likeness (QED) is 0.0189. The zero-order valence-electron chi connectivity index (χ0n) is 47.1. The average Bonchev–Trinajstić information content (AvgIpc) is 4.21. The maximum absolute atomic E-state index is 15.4. The number of carbonyl (C=O) groups is 6. The Morgan fingerprint density at radius 3 is 2.41 bits per heavy atom. The molecule has 4 N–H and O–H groups in total. The summed E-state index contributed by atoms with van der Waals surface area (Å²) in [6.45, 7) is 10.7. The lowest BCUT2D eigenvalue weighted by molar-refractivity contribution is -0.172. The Labute approximate surface area is 470 Å². The van der Waals surface area contributed by atoms with E-state index in [-0.39, 0.29) is 112 Å². The average molecular weight is 1120 g/mol. The predicted octanol–water partition coefficient (Wildman–Crippen LogP) is 7.73. The second-order valence-electron chi connectivity index (χ2n) is 22.7. The number of aliphatic hydroxyl groups is 1. The van der Waals surface area contributed by atoms with Crippen molar-refractivity contribution in [3.63, 3.8) is 0 Å². The Morgan fingerprint density at radius 1 is 0.951 bits per heavy atom. The molecule has 8 atom stereocenters. The van der Waals surface area contributed by atoms with Crippen molar-refractivity contribution >= 4 is 52.0 Å². The van der Waals surface area contributed by atoms with E-state index in [0.29, 0.717) is 71.7 Å². The van der Waals surface area contributed by atoms with Crippen molar-refractivity contribution in [2.75, 3.05) is 38.3 Å². The number of benzene rings is 2. The van der Waals surface area contributed by atoms with Gasteiger partial charge in [0, 0.05) is 72.8 Å². The number of nitrogens with one attached hydrogen (secondary N) is 3. The van der Waals surface area contributed by atoms with Crippen LogP contribution in [-0.4, -0.2) is 95.4 Å². The van der Waals surface area contributed by atoms with Gasteiger partial charge < -0.3 is 49.3 Å². The number of anilines is 1. The van der Waals surface area contributed by atoms with Gasteiger partial charge >= 0.3 is 12.1 Å². The summed E-state index contributed by atoms with van der Waals surface area (Å²) in [6, 6.07) is 9.10. The number of cyclic esters (lactones) is 1. The fraction of sp³-hybridized carbons (Fsp3) is 0.548. The SMILES string of the molecule is CC[C@@]1(O)C(=O)OCc2c1cc1n(c2=O)Cc2c-1nc1cc(F)c(C)c3c1c2[C@@H](CC(=O)COC(C)OCc1ccc(NC(=O)[C@H](C)CC(=O)[C@@H](NC(=O)OCCOCCNC(=O)CCC2[C@H]4CCC#CCC[C@@H]24)C(C)C)cc1)CC3. The number of nitrogens with zero attached hydrogens (tertiary/aromatic N) is 2. The maximum Gasteiger partial charge on any atom is 0.407 e. The van der Waals surface area contributed by atoms with Gasteiger partial charge in [-0.3, -0.25) is 24.0 Å². The number of hydrogen-bond acceptors (Lipinski definition) is 14. The number of ketones is 2. The molecule has 3 aliphatic carbocycles. The van der Waals surface area contributed by atoms with Gasteiger partial charge in [-0.1, -0.05) is 39.8 Å². The number of esters is 1. The molecular weight excluding hydrogens is 1040 g/mol. The molecule has 4 aromatic rings. The third-order valence-electron chi connectivity index (χ3n) is 17.0. The predicted molar refractivity (Wildman–Crippen MR) is 297 cm³/mol. The van der Waals surface area contributed by atoms with Crippen molar-refractivity contribution in [1.82, 2.24) is 20.2 Å². The number of fused-ring (bicyclic) bond motifs is 6. The molecule has 0 spiro atoms. The highest BCUT2D eigenvalue weighted by Gasteiger charge is 2.48. The van der Waals surface area contributed by atoms with Gasteiger partial charge in [0.1, 0.15) is 25.6 Å². The van der Waals surface area contributed by atoms with Gasteiger partial charge in [-0.05, 0) is 122 Å². The molecule has 19 heteroatoms. The van der Waals surface area contributed by atoms with Crippen LogP contribution in [0.15, 0.2) is 41.2 Å². The van der Waals surface area contributed by atoms with Gasteiger partial charge in [0.2, 0.25) is 11.8 Å². The Kier molecular flexibility index (Phi) is 18.5. The summed E-state index contributed by atoms with van der Waals surface area (Å²) >= 11 is 0. The van der Waals surface area contributed by atoms with Crippen LogP contribution in [0.3, 0.4) is 0 Å². The topological polar surface area (TPSA) is 240 Å².